The summed E-state index contributed by atoms with van der Waals surface area (Å²) in [5, 5.41) is 14.6. The maximum absolute atomic E-state index is 5.29. The molecule has 2 aromatic heterocycles. The van der Waals surface area contributed by atoms with Crippen molar-refractivity contribution in [3.05, 3.63) is 103 Å². The van der Waals surface area contributed by atoms with Crippen molar-refractivity contribution in [1.29, 1.82) is 0 Å². The first-order valence-corrected chi connectivity index (χ1v) is 11.4. The van der Waals surface area contributed by atoms with Crippen molar-refractivity contribution in [2.75, 3.05) is 12.4 Å². The van der Waals surface area contributed by atoms with Crippen molar-refractivity contribution >= 4 is 33.3 Å². The van der Waals surface area contributed by atoms with Crippen LogP contribution in [-0.2, 0) is 0 Å². The number of rotatable bonds is 5. The van der Waals surface area contributed by atoms with Crippen molar-refractivity contribution in [1.82, 2.24) is 19.7 Å². The molecule has 0 radical (unpaired) electrons. The second-order valence-electron chi connectivity index (χ2n) is 8.45. The van der Waals surface area contributed by atoms with E-state index in [1.54, 1.807) is 7.11 Å². The Morgan fingerprint density at radius 3 is 2.34 bits per heavy atom. The molecule has 0 saturated carbocycles. The van der Waals surface area contributed by atoms with Gasteiger partial charge >= 0.3 is 0 Å². The van der Waals surface area contributed by atoms with E-state index in [1.165, 1.54) is 5.56 Å². The molecule has 0 spiro atoms. The summed E-state index contributed by atoms with van der Waals surface area (Å²) < 4.78 is 7.38. The van der Waals surface area contributed by atoms with Gasteiger partial charge in [0.1, 0.15) is 17.8 Å². The van der Waals surface area contributed by atoms with Crippen LogP contribution in [0.3, 0.4) is 0 Å². The van der Waals surface area contributed by atoms with Crippen molar-refractivity contribution in [2.45, 2.75) is 6.92 Å². The highest BCUT2D eigenvalue weighted by atomic mass is 16.5. The quantitative estimate of drug-likeness (QED) is 0.312. The fourth-order valence-electron chi connectivity index (χ4n) is 4.30. The van der Waals surface area contributed by atoms with Crippen molar-refractivity contribution in [3.63, 3.8) is 0 Å². The first-order chi connectivity index (χ1) is 17.2. The monoisotopic (exact) mass is 457 g/mol. The Hall–Kier alpha value is -4.71. The van der Waals surface area contributed by atoms with Crippen LogP contribution >= 0.6 is 0 Å². The normalized spacial score (nSPS) is 11.1. The number of fused-ring (bicyclic) bond motifs is 2. The minimum absolute atomic E-state index is 0.704. The number of benzene rings is 4. The van der Waals surface area contributed by atoms with E-state index >= 15 is 0 Å². The Morgan fingerprint density at radius 2 is 1.57 bits per heavy atom. The Kier molecular flexibility index (Phi) is 5.11. The highest BCUT2D eigenvalue weighted by Crippen LogP contribution is 2.32. The van der Waals surface area contributed by atoms with Crippen LogP contribution < -0.4 is 10.1 Å². The van der Waals surface area contributed by atoms with Gasteiger partial charge in [-0.25, -0.2) is 4.98 Å². The Bertz CT molecular complexity index is 1650. The molecule has 6 aromatic rings. The van der Waals surface area contributed by atoms with Gasteiger partial charge in [-0.1, -0.05) is 42.0 Å². The third-order valence-corrected chi connectivity index (χ3v) is 6.17. The SMILES string of the molecule is COc1ccc(-c2nnc(Nc3ccc4c(c3)ncn4-c3ccc(C)cc3)c3ccccc23)cc1. The maximum Gasteiger partial charge on any atom is 0.161 e. The minimum Gasteiger partial charge on any atom is -0.497 e. The van der Waals surface area contributed by atoms with Crippen LogP contribution in [0.4, 0.5) is 11.5 Å². The topological polar surface area (TPSA) is 64.9 Å². The van der Waals surface area contributed by atoms with Crippen molar-refractivity contribution < 1.29 is 4.74 Å². The van der Waals surface area contributed by atoms with Gasteiger partial charge < -0.3 is 10.1 Å². The van der Waals surface area contributed by atoms with E-state index in [-0.39, 0.29) is 0 Å². The zero-order valence-electron chi connectivity index (χ0n) is 19.4. The van der Waals surface area contributed by atoms with Gasteiger partial charge in [0.2, 0.25) is 0 Å². The molecule has 6 heteroatoms. The zero-order chi connectivity index (χ0) is 23.8. The van der Waals surface area contributed by atoms with Gasteiger partial charge in [0, 0.05) is 27.7 Å². The molecule has 0 aliphatic rings. The molecule has 4 aromatic carbocycles. The molecule has 0 aliphatic carbocycles. The number of nitrogens with zero attached hydrogens (tertiary/aromatic N) is 4. The van der Waals surface area contributed by atoms with Crippen molar-refractivity contribution in [3.8, 4) is 22.7 Å². The number of methoxy groups -OCH3 is 1. The number of imidazole rings is 1. The number of hydrogen-bond donors (Lipinski definition) is 1. The lowest BCUT2D eigenvalue weighted by Crippen LogP contribution is -1.99. The molecule has 0 unspecified atom stereocenters. The molecule has 1 N–H and O–H groups in total. The highest BCUT2D eigenvalue weighted by molar-refractivity contribution is 6.01. The highest BCUT2D eigenvalue weighted by Gasteiger charge is 2.12. The molecule has 0 bridgehead atoms. The number of nitrogens with one attached hydrogen (secondary N) is 1. The van der Waals surface area contributed by atoms with Gasteiger partial charge in [0.25, 0.3) is 0 Å². The van der Waals surface area contributed by atoms with E-state index in [0.29, 0.717) is 5.82 Å². The van der Waals surface area contributed by atoms with Gasteiger partial charge in [-0.2, -0.15) is 0 Å². The second kappa shape index (κ2) is 8.57. The summed E-state index contributed by atoms with van der Waals surface area (Å²) in [4.78, 5) is 4.63. The van der Waals surface area contributed by atoms with E-state index in [0.717, 1.165) is 50.2 Å². The van der Waals surface area contributed by atoms with Crippen LogP contribution in [0.25, 0.3) is 38.8 Å². The van der Waals surface area contributed by atoms with Crippen LogP contribution in [0.1, 0.15) is 5.56 Å². The predicted octanol–water partition coefficient (Wildman–Crippen LogP) is 6.70. The lowest BCUT2D eigenvalue weighted by atomic mass is 10.0. The molecule has 6 rings (SSSR count). The summed E-state index contributed by atoms with van der Waals surface area (Å²) in [6, 6.07) is 30.6. The van der Waals surface area contributed by atoms with Crippen LogP contribution in [-0.4, -0.2) is 26.9 Å². The molecule has 0 amide bonds. The van der Waals surface area contributed by atoms with Gasteiger partial charge in [0.15, 0.2) is 5.82 Å². The van der Waals surface area contributed by atoms with Crippen LogP contribution in [0.2, 0.25) is 0 Å². The summed E-state index contributed by atoms with van der Waals surface area (Å²) >= 11 is 0. The molecule has 6 nitrogen and oxygen atoms in total. The molecule has 0 fully saturated rings. The van der Waals surface area contributed by atoms with Gasteiger partial charge in [-0.3, -0.25) is 4.57 Å². The van der Waals surface area contributed by atoms with E-state index < -0.39 is 0 Å². The van der Waals surface area contributed by atoms with Gasteiger partial charge in [-0.05, 0) is 61.5 Å². The lowest BCUT2D eigenvalue weighted by molar-refractivity contribution is 0.415. The fourth-order valence-corrected chi connectivity index (χ4v) is 4.30. The Balaban J connectivity index is 1.36. The Morgan fingerprint density at radius 1 is 0.800 bits per heavy atom. The molecular weight excluding hydrogens is 434 g/mol. The number of aromatic nitrogens is 4. The average molecular weight is 458 g/mol. The third kappa shape index (κ3) is 3.85. The summed E-state index contributed by atoms with van der Waals surface area (Å²) in [5.41, 5.74) is 7.00. The smallest absolute Gasteiger partial charge is 0.161 e. The second-order valence-corrected chi connectivity index (χ2v) is 8.45. The van der Waals surface area contributed by atoms with Crippen LogP contribution in [0, 0.1) is 6.92 Å². The molecular formula is C29H23N5O. The number of ether oxygens (including phenoxy) is 1. The third-order valence-electron chi connectivity index (χ3n) is 6.17. The van der Waals surface area contributed by atoms with Crippen LogP contribution in [0.5, 0.6) is 5.75 Å². The fraction of sp³-hybridized carbons (Fsp3) is 0.0690. The number of anilines is 2. The van der Waals surface area contributed by atoms with Gasteiger partial charge in [0.05, 0.1) is 18.1 Å². The van der Waals surface area contributed by atoms with E-state index in [4.69, 9.17) is 4.74 Å². The predicted molar refractivity (Wildman–Crippen MR) is 141 cm³/mol. The number of aryl methyl sites for hydroxylation is 1. The molecule has 0 aliphatic heterocycles. The minimum atomic E-state index is 0.704. The van der Waals surface area contributed by atoms with E-state index in [1.807, 2.05) is 54.9 Å². The first-order valence-electron chi connectivity index (χ1n) is 11.4. The standard InChI is InChI=1S/C29H23N5O/c1-19-7-12-22(13-8-19)34-18-30-26-17-21(11-16-27(26)34)31-29-25-6-4-3-5-24(25)28(32-33-29)20-9-14-23(35-2)15-10-20/h3-18H,1-2H3,(H,31,33). The summed E-state index contributed by atoms with van der Waals surface area (Å²) in [5.74, 6) is 1.51. The molecule has 0 atom stereocenters. The molecule has 0 saturated heterocycles. The van der Waals surface area contributed by atoms with E-state index in [2.05, 4.69) is 74.5 Å². The Labute approximate surface area is 202 Å². The average Bonchev–Trinajstić information content (AvgIpc) is 3.33. The number of hydrogen-bond acceptors (Lipinski definition) is 5. The van der Waals surface area contributed by atoms with Gasteiger partial charge in [-0.15, -0.1) is 10.2 Å². The zero-order valence-corrected chi connectivity index (χ0v) is 19.4. The lowest BCUT2D eigenvalue weighted by Gasteiger charge is -2.12. The van der Waals surface area contributed by atoms with Crippen molar-refractivity contribution in [2.24, 2.45) is 0 Å². The first kappa shape index (κ1) is 20.9. The molecule has 170 valence electrons. The summed E-state index contributed by atoms with van der Waals surface area (Å²) in [6.45, 7) is 2.09. The maximum atomic E-state index is 5.29. The summed E-state index contributed by atoms with van der Waals surface area (Å²) in [6.07, 6.45) is 1.86. The van der Waals surface area contributed by atoms with E-state index in [9.17, 15) is 0 Å². The molecule has 2 heterocycles. The summed E-state index contributed by atoms with van der Waals surface area (Å²) in [7, 11) is 1.66. The molecule has 35 heavy (non-hydrogen) atoms. The van der Waals surface area contributed by atoms with Crippen LogP contribution in [0.15, 0.2) is 97.3 Å². The largest absolute Gasteiger partial charge is 0.497 e.